The average Bonchev–Trinajstić information content (AvgIpc) is 2.92. The largest absolute Gasteiger partial charge is 0.379 e. The van der Waals surface area contributed by atoms with Crippen LogP contribution in [0.2, 0.25) is 0 Å². The van der Waals surface area contributed by atoms with E-state index in [0.717, 1.165) is 30.6 Å². The molecule has 2 heterocycles. The third kappa shape index (κ3) is 5.78. The zero-order chi connectivity index (χ0) is 26.5. The highest BCUT2D eigenvalue weighted by Crippen LogP contribution is 2.27. The highest BCUT2D eigenvalue weighted by atomic mass is 16.6. The van der Waals surface area contributed by atoms with Gasteiger partial charge in [-0.25, -0.2) is 4.79 Å². The molecule has 1 saturated heterocycles. The molecule has 0 amide bonds. The van der Waals surface area contributed by atoms with Crippen molar-refractivity contribution in [3.8, 4) is 0 Å². The van der Waals surface area contributed by atoms with E-state index in [2.05, 4.69) is 10.2 Å². The normalized spacial score (nSPS) is 13.9. The number of nitro groups is 1. The Balaban J connectivity index is 1.30. The van der Waals surface area contributed by atoms with Gasteiger partial charge in [0.15, 0.2) is 5.78 Å². The summed E-state index contributed by atoms with van der Waals surface area (Å²) in [5.41, 5.74) is 0.339. The first kappa shape index (κ1) is 25.8. The van der Waals surface area contributed by atoms with Crippen molar-refractivity contribution in [3.05, 3.63) is 96.7 Å². The van der Waals surface area contributed by atoms with E-state index in [1.807, 2.05) is 11.0 Å². The lowest BCUT2D eigenvalue weighted by Gasteiger charge is -2.36. The van der Waals surface area contributed by atoms with Crippen molar-refractivity contribution in [1.82, 2.24) is 14.0 Å². The lowest BCUT2D eigenvalue weighted by Crippen LogP contribution is -2.49. The number of carbonyl (C=O) groups is 1. The van der Waals surface area contributed by atoms with Gasteiger partial charge in [-0.3, -0.25) is 33.7 Å². The minimum absolute atomic E-state index is 0.130. The standard InChI is InChI=1S/C26H30N6O5/c1-28-23(18-24(33)29(2)26(28)35)31-15-13-30(14-16-31)12-6-11-27-21-10-9-20(17-22(21)32(36)37)25(34)19-7-4-3-5-8-19/h3-5,7-10,17-18,27H,6,11-16H2,1-2H3. The number of nitro benzene ring substituents is 1. The molecule has 1 N–H and O–H groups in total. The van der Waals surface area contributed by atoms with E-state index in [-0.39, 0.29) is 28.3 Å². The van der Waals surface area contributed by atoms with Crippen LogP contribution in [0.25, 0.3) is 0 Å². The van der Waals surface area contributed by atoms with Crippen molar-refractivity contribution in [1.29, 1.82) is 0 Å². The van der Waals surface area contributed by atoms with Gasteiger partial charge < -0.3 is 10.2 Å². The van der Waals surface area contributed by atoms with E-state index in [0.29, 0.717) is 36.7 Å². The molecule has 11 heteroatoms. The number of aromatic nitrogens is 2. The van der Waals surface area contributed by atoms with Crippen molar-refractivity contribution in [3.63, 3.8) is 0 Å². The molecule has 11 nitrogen and oxygen atoms in total. The molecule has 3 aromatic rings. The van der Waals surface area contributed by atoms with E-state index < -0.39 is 4.92 Å². The predicted molar refractivity (Wildman–Crippen MR) is 142 cm³/mol. The van der Waals surface area contributed by atoms with Crippen molar-refractivity contribution >= 4 is 23.0 Å². The first-order valence-electron chi connectivity index (χ1n) is 12.1. The van der Waals surface area contributed by atoms with Crippen LogP contribution in [-0.4, -0.2) is 64.0 Å². The lowest BCUT2D eigenvalue weighted by molar-refractivity contribution is -0.384. The summed E-state index contributed by atoms with van der Waals surface area (Å²) in [6.45, 7) is 4.27. The SMILES string of the molecule is Cn1c(N2CCN(CCCNc3ccc(C(=O)c4ccccc4)cc3[N+](=O)[O-])CC2)cc(=O)n(C)c1=O. The maximum Gasteiger partial charge on any atom is 0.332 e. The zero-order valence-corrected chi connectivity index (χ0v) is 20.9. The average molecular weight is 507 g/mol. The van der Waals surface area contributed by atoms with E-state index in [4.69, 9.17) is 0 Å². The van der Waals surface area contributed by atoms with Crippen LogP contribution in [0.5, 0.6) is 0 Å². The van der Waals surface area contributed by atoms with Gasteiger partial charge in [0, 0.05) is 70.1 Å². The number of nitrogens with one attached hydrogen (secondary N) is 1. The molecule has 4 rings (SSSR count). The highest BCUT2D eigenvalue weighted by molar-refractivity contribution is 6.09. The van der Waals surface area contributed by atoms with Crippen LogP contribution in [0.3, 0.4) is 0 Å². The fraction of sp³-hybridized carbons (Fsp3) is 0.346. The Morgan fingerprint density at radius 2 is 1.65 bits per heavy atom. The van der Waals surface area contributed by atoms with Crippen LogP contribution >= 0.6 is 0 Å². The van der Waals surface area contributed by atoms with Gasteiger partial charge in [0.25, 0.3) is 11.2 Å². The first-order valence-corrected chi connectivity index (χ1v) is 12.1. The van der Waals surface area contributed by atoms with Crippen molar-refractivity contribution in [2.24, 2.45) is 14.1 Å². The maximum absolute atomic E-state index is 12.7. The molecular weight excluding hydrogens is 476 g/mol. The predicted octanol–water partition coefficient (Wildman–Crippen LogP) is 1.85. The smallest absolute Gasteiger partial charge is 0.332 e. The van der Waals surface area contributed by atoms with Gasteiger partial charge in [-0.1, -0.05) is 30.3 Å². The lowest BCUT2D eigenvalue weighted by atomic mass is 10.0. The van der Waals surface area contributed by atoms with Crippen molar-refractivity contribution < 1.29 is 9.72 Å². The minimum atomic E-state index is -0.479. The summed E-state index contributed by atoms with van der Waals surface area (Å²) in [6.07, 6.45) is 0.770. The molecule has 0 atom stereocenters. The Labute approximate surface area is 213 Å². The molecule has 0 radical (unpaired) electrons. The highest BCUT2D eigenvalue weighted by Gasteiger charge is 2.21. The van der Waals surface area contributed by atoms with Gasteiger partial charge in [-0.2, -0.15) is 0 Å². The van der Waals surface area contributed by atoms with Crippen molar-refractivity contribution in [2.75, 3.05) is 49.5 Å². The second kappa shape index (κ2) is 11.2. The Bertz CT molecular complexity index is 1410. The van der Waals surface area contributed by atoms with Crippen LogP contribution < -0.4 is 21.5 Å². The second-order valence-electron chi connectivity index (χ2n) is 9.03. The summed E-state index contributed by atoms with van der Waals surface area (Å²) in [7, 11) is 3.13. The number of anilines is 2. The van der Waals surface area contributed by atoms with E-state index in [9.17, 15) is 24.5 Å². The molecule has 1 aromatic heterocycles. The van der Waals surface area contributed by atoms with Crippen LogP contribution in [0.4, 0.5) is 17.2 Å². The molecule has 0 saturated carbocycles. The summed E-state index contributed by atoms with van der Waals surface area (Å²) in [5.74, 6) is 0.362. The second-order valence-corrected chi connectivity index (χ2v) is 9.03. The number of nitrogens with zero attached hydrogens (tertiary/aromatic N) is 5. The third-order valence-electron chi connectivity index (χ3n) is 6.66. The number of piperazine rings is 1. The van der Waals surface area contributed by atoms with Gasteiger partial charge in [0.2, 0.25) is 0 Å². The van der Waals surface area contributed by atoms with E-state index >= 15 is 0 Å². The van der Waals surface area contributed by atoms with Crippen LogP contribution in [-0.2, 0) is 14.1 Å². The van der Waals surface area contributed by atoms with E-state index in [1.165, 1.54) is 23.7 Å². The Morgan fingerprint density at radius 3 is 2.32 bits per heavy atom. The number of benzene rings is 2. The van der Waals surface area contributed by atoms with Crippen molar-refractivity contribution in [2.45, 2.75) is 6.42 Å². The Morgan fingerprint density at radius 1 is 0.946 bits per heavy atom. The summed E-state index contributed by atoms with van der Waals surface area (Å²) in [4.78, 5) is 52.4. The molecule has 0 unspecified atom stereocenters. The van der Waals surface area contributed by atoms with E-state index in [1.54, 1.807) is 43.4 Å². The molecule has 1 fully saturated rings. The Hall–Kier alpha value is -4.25. The third-order valence-corrected chi connectivity index (χ3v) is 6.66. The van der Waals surface area contributed by atoms with Crippen LogP contribution in [0.1, 0.15) is 22.3 Å². The zero-order valence-electron chi connectivity index (χ0n) is 20.9. The van der Waals surface area contributed by atoms with Gasteiger partial charge >= 0.3 is 5.69 Å². The monoisotopic (exact) mass is 506 g/mol. The van der Waals surface area contributed by atoms with Gasteiger partial charge in [-0.05, 0) is 25.1 Å². The Kier molecular flexibility index (Phi) is 7.83. The molecule has 2 aromatic carbocycles. The minimum Gasteiger partial charge on any atom is -0.379 e. The first-order chi connectivity index (χ1) is 17.8. The summed E-state index contributed by atoms with van der Waals surface area (Å²) in [5, 5.41) is 14.8. The molecule has 1 aliphatic heterocycles. The molecule has 0 spiro atoms. The number of hydrogen-bond donors (Lipinski definition) is 1. The molecule has 194 valence electrons. The fourth-order valence-corrected chi connectivity index (χ4v) is 4.48. The fourth-order valence-electron chi connectivity index (χ4n) is 4.48. The number of rotatable bonds is 9. The van der Waals surface area contributed by atoms with Crippen LogP contribution in [0, 0.1) is 10.1 Å². The number of ketones is 1. The molecule has 37 heavy (non-hydrogen) atoms. The number of hydrogen-bond acceptors (Lipinski definition) is 8. The number of carbonyl (C=O) groups excluding carboxylic acids is 1. The summed E-state index contributed by atoms with van der Waals surface area (Å²) < 4.78 is 2.58. The molecular formula is C26H30N6O5. The quantitative estimate of drug-likeness (QED) is 0.202. The van der Waals surface area contributed by atoms with Gasteiger partial charge in [0.1, 0.15) is 11.5 Å². The van der Waals surface area contributed by atoms with Gasteiger partial charge in [0.05, 0.1) is 4.92 Å². The summed E-state index contributed by atoms with van der Waals surface area (Å²) >= 11 is 0. The van der Waals surface area contributed by atoms with Crippen LogP contribution in [0.15, 0.2) is 64.2 Å². The molecule has 0 bridgehead atoms. The molecule has 0 aliphatic carbocycles. The maximum atomic E-state index is 12.7. The topological polar surface area (TPSA) is 123 Å². The van der Waals surface area contributed by atoms with Gasteiger partial charge in [-0.15, -0.1) is 0 Å². The molecule has 1 aliphatic rings. The summed E-state index contributed by atoms with van der Waals surface area (Å²) in [6, 6.07) is 14.7.